The summed E-state index contributed by atoms with van der Waals surface area (Å²) in [6, 6.07) is 1.72. The zero-order valence-electron chi connectivity index (χ0n) is 11.2. The smallest absolute Gasteiger partial charge is 0.262 e. The third-order valence-electron chi connectivity index (χ3n) is 3.84. The van der Waals surface area contributed by atoms with E-state index in [2.05, 4.69) is 5.32 Å². The summed E-state index contributed by atoms with van der Waals surface area (Å²) in [5.41, 5.74) is 0.588. The van der Waals surface area contributed by atoms with Crippen LogP contribution in [0.4, 0.5) is 0 Å². The van der Waals surface area contributed by atoms with Crippen LogP contribution >= 0.6 is 0 Å². The van der Waals surface area contributed by atoms with E-state index in [1.807, 2.05) is 0 Å². The number of nitrogens with one attached hydrogen (secondary N) is 1. The number of aromatic hydroxyl groups is 1. The highest BCUT2D eigenvalue weighted by atomic mass is 16.3. The first-order valence-electron chi connectivity index (χ1n) is 6.46. The molecule has 2 aliphatic heterocycles. The van der Waals surface area contributed by atoms with Gasteiger partial charge in [0.05, 0.1) is 11.1 Å². The van der Waals surface area contributed by atoms with E-state index in [-0.39, 0.29) is 29.7 Å². The van der Waals surface area contributed by atoms with E-state index in [0.29, 0.717) is 5.56 Å². The Morgan fingerprint density at radius 1 is 1.19 bits per heavy atom. The van der Waals surface area contributed by atoms with Crippen molar-refractivity contribution in [1.29, 1.82) is 0 Å². The summed E-state index contributed by atoms with van der Waals surface area (Å²) in [5, 5.41) is 11.8. The molecule has 0 aliphatic carbocycles. The van der Waals surface area contributed by atoms with Gasteiger partial charge in [-0.2, -0.15) is 0 Å². The molecular formula is C14H12N2O5. The molecule has 1 unspecified atom stereocenters. The van der Waals surface area contributed by atoms with Crippen molar-refractivity contribution < 1.29 is 24.3 Å². The Bertz CT molecular complexity index is 710. The number of piperidine rings is 1. The van der Waals surface area contributed by atoms with Crippen LogP contribution in [0.15, 0.2) is 12.1 Å². The maximum Gasteiger partial charge on any atom is 0.262 e. The fourth-order valence-electron chi connectivity index (χ4n) is 2.71. The van der Waals surface area contributed by atoms with Crippen LogP contribution in [0.3, 0.4) is 0 Å². The lowest BCUT2D eigenvalue weighted by Gasteiger charge is -2.27. The van der Waals surface area contributed by atoms with Gasteiger partial charge >= 0.3 is 0 Å². The van der Waals surface area contributed by atoms with Crippen LogP contribution in [-0.2, 0) is 9.59 Å². The molecule has 7 heteroatoms. The second kappa shape index (κ2) is 4.41. The predicted molar refractivity (Wildman–Crippen MR) is 69.5 cm³/mol. The summed E-state index contributed by atoms with van der Waals surface area (Å²) >= 11 is 0. The van der Waals surface area contributed by atoms with Crippen LogP contribution in [0.25, 0.3) is 0 Å². The van der Waals surface area contributed by atoms with E-state index in [1.54, 1.807) is 0 Å². The van der Waals surface area contributed by atoms with Gasteiger partial charge in [0.1, 0.15) is 11.8 Å². The van der Waals surface area contributed by atoms with E-state index in [1.165, 1.54) is 19.1 Å². The normalized spacial score (nSPS) is 21.6. The van der Waals surface area contributed by atoms with Crippen molar-refractivity contribution in [2.24, 2.45) is 0 Å². The molecule has 108 valence electrons. The third-order valence-corrected chi connectivity index (χ3v) is 3.84. The van der Waals surface area contributed by atoms with Gasteiger partial charge in [-0.15, -0.1) is 0 Å². The molecular weight excluding hydrogens is 276 g/mol. The molecule has 4 amide bonds. The molecule has 0 spiro atoms. The first kappa shape index (κ1) is 13.3. The number of phenolic OH excluding ortho intramolecular Hbond substituents is 1. The Morgan fingerprint density at radius 3 is 2.57 bits per heavy atom. The van der Waals surface area contributed by atoms with Crippen LogP contribution in [0.5, 0.6) is 5.75 Å². The van der Waals surface area contributed by atoms with Gasteiger partial charge in [0, 0.05) is 12.0 Å². The second-order valence-electron chi connectivity index (χ2n) is 5.08. The number of carbonyl (C=O) groups excluding carboxylic acids is 4. The summed E-state index contributed by atoms with van der Waals surface area (Å²) in [7, 11) is 0. The van der Waals surface area contributed by atoms with E-state index >= 15 is 0 Å². The molecule has 0 aromatic heterocycles. The number of fused-ring (bicyclic) bond motifs is 1. The molecule has 0 radical (unpaired) electrons. The molecule has 1 atom stereocenters. The summed E-state index contributed by atoms with van der Waals surface area (Å²) in [4.78, 5) is 48.7. The van der Waals surface area contributed by atoms with Gasteiger partial charge in [-0.1, -0.05) is 0 Å². The number of hydrogen-bond acceptors (Lipinski definition) is 5. The highest BCUT2D eigenvalue weighted by molar-refractivity contribution is 6.24. The van der Waals surface area contributed by atoms with Crippen molar-refractivity contribution in [2.75, 3.05) is 0 Å². The fraction of sp³-hybridized carbons (Fsp3) is 0.286. The molecule has 1 aromatic rings. The average Bonchev–Trinajstić information content (AvgIpc) is 2.67. The predicted octanol–water partition coefficient (Wildman–Crippen LogP) is 0.102. The SMILES string of the molecule is Cc1c(O)ccc2c1C(=O)N(C1CCC(=O)NC1=O)C2=O. The van der Waals surface area contributed by atoms with E-state index < -0.39 is 29.7 Å². The van der Waals surface area contributed by atoms with Crippen molar-refractivity contribution in [1.82, 2.24) is 10.2 Å². The van der Waals surface area contributed by atoms with Crippen molar-refractivity contribution in [2.45, 2.75) is 25.8 Å². The number of benzene rings is 1. The third kappa shape index (κ3) is 1.81. The van der Waals surface area contributed by atoms with Crippen LogP contribution in [0, 0.1) is 6.92 Å². The van der Waals surface area contributed by atoms with Gasteiger partial charge in [-0.3, -0.25) is 29.4 Å². The quantitative estimate of drug-likeness (QED) is 0.713. The Balaban J connectivity index is 2.02. The minimum Gasteiger partial charge on any atom is -0.508 e. The number of amides is 4. The first-order chi connectivity index (χ1) is 9.91. The molecule has 3 rings (SSSR count). The lowest BCUT2D eigenvalue weighted by molar-refractivity contribution is -0.136. The summed E-state index contributed by atoms with van der Waals surface area (Å²) in [6.07, 6.45) is 0.190. The first-order valence-corrected chi connectivity index (χ1v) is 6.46. The van der Waals surface area contributed by atoms with Gasteiger partial charge < -0.3 is 5.11 Å². The number of phenols is 1. The zero-order valence-corrected chi connectivity index (χ0v) is 11.2. The van der Waals surface area contributed by atoms with Crippen LogP contribution in [0.2, 0.25) is 0 Å². The molecule has 2 heterocycles. The topological polar surface area (TPSA) is 104 Å². The molecule has 1 aromatic carbocycles. The molecule has 2 N–H and O–H groups in total. The van der Waals surface area contributed by atoms with Gasteiger partial charge in [-0.05, 0) is 25.5 Å². The highest BCUT2D eigenvalue weighted by Gasteiger charge is 2.45. The summed E-state index contributed by atoms with van der Waals surface area (Å²) in [5.74, 6) is -2.34. The monoisotopic (exact) mass is 288 g/mol. The number of rotatable bonds is 1. The fourth-order valence-corrected chi connectivity index (χ4v) is 2.71. The van der Waals surface area contributed by atoms with E-state index in [0.717, 1.165) is 4.90 Å². The van der Waals surface area contributed by atoms with Crippen LogP contribution in [-0.4, -0.2) is 39.7 Å². The Labute approximate surface area is 119 Å². The maximum atomic E-state index is 12.4. The molecule has 2 aliphatic rings. The molecule has 1 fully saturated rings. The lowest BCUT2D eigenvalue weighted by atomic mass is 10.0. The minimum absolute atomic E-state index is 0.0774. The van der Waals surface area contributed by atoms with Crippen LogP contribution < -0.4 is 5.32 Å². The van der Waals surface area contributed by atoms with Crippen molar-refractivity contribution in [3.05, 3.63) is 28.8 Å². The maximum absolute atomic E-state index is 12.4. The van der Waals surface area contributed by atoms with Gasteiger partial charge in [0.2, 0.25) is 11.8 Å². The number of hydrogen-bond donors (Lipinski definition) is 2. The molecule has 21 heavy (non-hydrogen) atoms. The Kier molecular flexibility index (Phi) is 2.79. The molecule has 0 saturated carbocycles. The van der Waals surface area contributed by atoms with Crippen molar-refractivity contribution in [3.8, 4) is 5.75 Å². The number of imide groups is 2. The number of carbonyl (C=O) groups is 4. The van der Waals surface area contributed by atoms with Gasteiger partial charge in [-0.25, -0.2) is 0 Å². The standard InChI is InChI=1S/C14H12N2O5/c1-6-9(17)4-2-7-11(6)14(21)16(13(7)20)8-3-5-10(18)15-12(8)19/h2,4,8,17H,3,5H2,1H3,(H,15,18,19). The van der Waals surface area contributed by atoms with Gasteiger partial charge in [0.25, 0.3) is 11.8 Å². The molecule has 7 nitrogen and oxygen atoms in total. The zero-order chi connectivity index (χ0) is 15.3. The average molecular weight is 288 g/mol. The largest absolute Gasteiger partial charge is 0.508 e. The van der Waals surface area contributed by atoms with Crippen molar-refractivity contribution >= 4 is 23.6 Å². The Hall–Kier alpha value is -2.70. The number of nitrogens with zero attached hydrogens (tertiary/aromatic N) is 1. The van der Waals surface area contributed by atoms with E-state index in [4.69, 9.17) is 0 Å². The Morgan fingerprint density at radius 2 is 1.90 bits per heavy atom. The van der Waals surface area contributed by atoms with Crippen LogP contribution in [0.1, 0.15) is 39.1 Å². The van der Waals surface area contributed by atoms with E-state index in [9.17, 15) is 24.3 Å². The lowest BCUT2D eigenvalue weighted by Crippen LogP contribution is -2.54. The summed E-state index contributed by atoms with van der Waals surface area (Å²) < 4.78 is 0. The summed E-state index contributed by atoms with van der Waals surface area (Å²) in [6.45, 7) is 1.54. The van der Waals surface area contributed by atoms with Gasteiger partial charge in [0.15, 0.2) is 0 Å². The minimum atomic E-state index is -0.989. The molecule has 1 saturated heterocycles. The second-order valence-corrected chi connectivity index (χ2v) is 5.08. The molecule has 0 bridgehead atoms. The highest BCUT2D eigenvalue weighted by Crippen LogP contribution is 2.33. The van der Waals surface area contributed by atoms with Crippen molar-refractivity contribution in [3.63, 3.8) is 0 Å².